The Bertz CT molecular complexity index is 644. The summed E-state index contributed by atoms with van der Waals surface area (Å²) >= 11 is 3.97. The number of aliphatic hydroxyl groups is 1. The number of aliphatic hydroxyl groups excluding tert-OH is 1. The van der Waals surface area contributed by atoms with Gasteiger partial charge in [-0.05, 0) is 19.3 Å². The molecule has 9 N–H and O–H groups in total. The van der Waals surface area contributed by atoms with Gasteiger partial charge in [0.05, 0.1) is 12.1 Å². The van der Waals surface area contributed by atoms with Gasteiger partial charge in [0.1, 0.15) is 12.1 Å². The highest BCUT2D eigenvalue weighted by Crippen LogP contribution is 2.04. The highest BCUT2D eigenvalue weighted by Gasteiger charge is 2.31. The molecule has 0 saturated carbocycles. The van der Waals surface area contributed by atoms with Gasteiger partial charge >= 0.3 is 5.97 Å². The van der Waals surface area contributed by atoms with Crippen molar-refractivity contribution in [3.8, 4) is 0 Å². The summed E-state index contributed by atoms with van der Waals surface area (Å²) in [5.41, 5.74) is 10.9. The largest absolute Gasteiger partial charge is 0.480 e. The van der Waals surface area contributed by atoms with Crippen LogP contribution in [0.1, 0.15) is 33.6 Å². The lowest BCUT2D eigenvalue weighted by molar-refractivity contribution is -0.145. The Hall–Kier alpha value is -2.38. The van der Waals surface area contributed by atoms with E-state index in [9.17, 15) is 29.1 Å². The van der Waals surface area contributed by atoms with Crippen LogP contribution in [0.4, 0.5) is 0 Å². The third-order valence-electron chi connectivity index (χ3n) is 4.20. The molecular formula is C17H31N5O7S. The lowest BCUT2D eigenvalue weighted by Gasteiger charge is -2.25. The van der Waals surface area contributed by atoms with Gasteiger partial charge in [0.25, 0.3) is 0 Å². The van der Waals surface area contributed by atoms with Crippen molar-refractivity contribution in [1.82, 2.24) is 16.0 Å². The Kier molecular flexibility index (Phi) is 12.0. The summed E-state index contributed by atoms with van der Waals surface area (Å²) in [6.45, 7) is 4.61. The molecule has 0 spiro atoms. The predicted octanol–water partition coefficient (Wildman–Crippen LogP) is -2.92. The van der Waals surface area contributed by atoms with E-state index in [1.807, 2.05) is 0 Å². The molecule has 0 aliphatic carbocycles. The minimum Gasteiger partial charge on any atom is -0.480 e. The molecular weight excluding hydrogens is 418 g/mol. The third-order valence-corrected chi connectivity index (χ3v) is 4.56. The van der Waals surface area contributed by atoms with Crippen molar-refractivity contribution in [3.63, 3.8) is 0 Å². The summed E-state index contributed by atoms with van der Waals surface area (Å²) in [5.74, 6) is -4.90. The first kappa shape index (κ1) is 27.6. The highest BCUT2D eigenvalue weighted by molar-refractivity contribution is 7.80. The molecule has 0 fully saturated rings. The van der Waals surface area contributed by atoms with Crippen molar-refractivity contribution >= 4 is 42.2 Å². The molecule has 13 heteroatoms. The van der Waals surface area contributed by atoms with Crippen molar-refractivity contribution in [1.29, 1.82) is 0 Å². The molecule has 4 amide bonds. The van der Waals surface area contributed by atoms with Crippen LogP contribution >= 0.6 is 12.6 Å². The normalized spacial score (nSPS) is 16.0. The number of rotatable bonds is 13. The Morgan fingerprint density at radius 3 is 1.83 bits per heavy atom. The van der Waals surface area contributed by atoms with Gasteiger partial charge in [-0.2, -0.15) is 12.6 Å². The first-order valence-corrected chi connectivity index (χ1v) is 9.91. The van der Waals surface area contributed by atoms with E-state index < -0.39 is 59.9 Å². The number of thiol groups is 1. The fourth-order valence-electron chi connectivity index (χ4n) is 2.24. The quantitative estimate of drug-likeness (QED) is 0.136. The number of hydrogen-bond donors (Lipinski definition) is 8. The zero-order valence-electron chi connectivity index (χ0n) is 17.1. The summed E-state index contributed by atoms with van der Waals surface area (Å²) in [6.07, 6.45) is -1.73. The Labute approximate surface area is 179 Å². The Morgan fingerprint density at radius 2 is 1.43 bits per heavy atom. The number of aliphatic carboxylic acids is 1. The number of nitrogens with two attached hydrogens (primary N) is 2. The molecule has 0 saturated heterocycles. The number of nitrogens with one attached hydrogen (secondary N) is 3. The zero-order chi connectivity index (χ0) is 23.6. The average Bonchev–Trinajstić information content (AvgIpc) is 2.65. The van der Waals surface area contributed by atoms with Crippen LogP contribution in [-0.4, -0.2) is 75.8 Å². The molecule has 0 aromatic heterocycles. The van der Waals surface area contributed by atoms with Gasteiger partial charge in [0, 0.05) is 12.2 Å². The maximum atomic E-state index is 12.6. The van der Waals surface area contributed by atoms with Gasteiger partial charge < -0.3 is 37.6 Å². The average molecular weight is 450 g/mol. The summed E-state index contributed by atoms with van der Waals surface area (Å²) in [4.78, 5) is 59.3. The molecule has 0 aliphatic heterocycles. The number of hydrogen-bond acceptors (Lipinski definition) is 8. The Morgan fingerprint density at radius 1 is 0.933 bits per heavy atom. The molecule has 30 heavy (non-hydrogen) atoms. The molecule has 0 aromatic carbocycles. The topological polar surface area (TPSA) is 214 Å². The van der Waals surface area contributed by atoms with Crippen molar-refractivity contribution in [2.75, 3.05) is 5.75 Å². The summed E-state index contributed by atoms with van der Waals surface area (Å²) in [6, 6.07) is -4.98. The standard InChI is InChI=1S/C17H31N5O7S/c1-7(2)12(19)16(27)20-9(4-5-11(18)24)14(25)21-10(6-30)15(26)22-13(8(3)23)17(28)29/h7-10,12-13,23,30H,4-6,19H2,1-3H3,(H2,18,24)(H,20,27)(H,21,25)(H,22,26)(H,28,29). The molecule has 5 unspecified atom stereocenters. The third kappa shape index (κ3) is 9.41. The molecule has 0 bridgehead atoms. The SMILES string of the molecule is CC(C)C(N)C(=O)NC(CCC(N)=O)C(=O)NC(CS)C(=O)NC(C(=O)O)C(C)O. The number of amides is 4. The molecule has 0 rings (SSSR count). The van der Waals surface area contributed by atoms with Crippen LogP contribution in [0.5, 0.6) is 0 Å². The number of carbonyl (C=O) groups excluding carboxylic acids is 4. The fourth-order valence-corrected chi connectivity index (χ4v) is 2.49. The first-order chi connectivity index (χ1) is 13.8. The van der Waals surface area contributed by atoms with E-state index in [0.717, 1.165) is 0 Å². The zero-order valence-corrected chi connectivity index (χ0v) is 18.0. The summed E-state index contributed by atoms with van der Waals surface area (Å²) in [7, 11) is 0. The second-order valence-electron chi connectivity index (χ2n) is 7.14. The minimum absolute atomic E-state index is 0.135. The minimum atomic E-state index is -1.59. The molecule has 172 valence electrons. The van der Waals surface area contributed by atoms with Crippen LogP contribution in [-0.2, 0) is 24.0 Å². The van der Waals surface area contributed by atoms with Gasteiger partial charge in [-0.3, -0.25) is 19.2 Å². The second kappa shape index (κ2) is 13.0. The van der Waals surface area contributed by atoms with E-state index in [1.54, 1.807) is 13.8 Å². The fraction of sp³-hybridized carbons (Fsp3) is 0.706. The van der Waals surface area contributed by atoms with Crippen molar-refractivity contribution in [2.45, 2.75) is 63.9 Å². The molecule has 0 aromatic rings. The van der Waals surface area contributed by atoms with E-state index >= 15 is 0 Å². The molecule has 5 atom stereocenters. The summed E-state index contributed by atoms with van der Waals surface area (Å²) in [5, 5.41) is 25.4. The van der Waals surface area contributed by atoms with E-state index in [0.29, 0.717) is 0 Å². The summed E-state index contributed by atoms with van der Waals surface area (Å²) < 4.78 is 0. The smallest absolute Gasteiger partial charge is 0.328 e. The number of carboxylic acid groups (broad SMARTS) is 1. The van der Waals surface area contributed by atoms with E-state index in [-0.39, 0.29) is 24.5 Å². The molecule has 0 aliphatic rings. The number of primary amides is 1. The number of carbonyl (C=O) groups is 5. The van der Waals surface area contributed by atoms with Crippen LogP contribution in [0.25, 0.3) is 0 Å². The van der Waals surface area contributed by atoms with Crippen molar-refractivity contribution in [2.24, 2.45) is 17.4 Å². The van der Waals surface area contributed by atoms with Crippen molar-refractivity contribution < 1.29 is 34.2 Å². The Balaban J connectivity index is 5.30. The van der Waals surface area contributed by atoms with Gasteiger partial charge in [-0.15, -0.1) is 0 Å². The first-order valence-electron chi connectivity index (χ1n) is 9.28. The van der Waals surface area contributed by atoms with Crippen LogP contribution in [0.2, 0.25) is 0 Å². The molecule has 0 radical (unpaired) electrons. The highest BCUT2D eigenvalue weighted by atomic mass is 32.1. The lowest BCUT2D eigenvalue weighted by Crippen LogP contribution is -2.59. The van der Waals surface area contributed by atoms with Crippen LogP contribution in [0.3, 0.4) is 0 Å². The lowest BCUT2D eigenvalue weighted by atomic mass is 10.0. The predicted molar refractivity (Wildman–Crippen MR) is 110 cm³/mol. The molecule has 12 nitrogen and oxygen atoms in total. The maximum Gasteiger partial charge on any atom is 0.328 e. The van der Waals surface area contributed by atoms with Gasteiger partial charge in [-0.1, -0.05) is 13.8 Å². The van der Waals surface area contributed by atoms with Gasteiger partial charge in [-0.25, -0.2) is 4.79 Å². The van der Waals surface area contributed by atoms with Crippen molar-refractivity contribution in [3.05, 3.63) is 0 Å². The van der Waals surface area contributed by atoms with E-state index in [4.69, 9.17) is 16.6 Å². The number of carboxylic acids is 1. The van der Waals surface area contributed by atoms with E-state index in [1.165, 1.54) is 6.92 Å². The maximum absolute atomic E-state index is 12.6. The molecule has 0 heterocycles. The van der Waals surface area contributed by atoms with Crippen LogP contribution in [0, 0.1) is 5.92 Å². The monoisotopic (exact) mass is 449 g/mol. The van der Waals surface area contributed by atoms with Gasteiger partial charge in [0.2, 0.25) is 23.6 Å². The van der Waals surface area contributed by atoms with Gasteiger partial charge in [0.15, 0.2) is 6.04 Å². The van der Waals surface area contributed by atoms with E-state index in [2.05, 4.69) is 28.6 Å². The van der Waals surface area contributed by atoms with Crippen LogP contribution in [0.15, 0.2) is 0 Å². The second-order valence-corrected chi connectivity index (χ2v) is 7.51. The van der Waals surface area contributed by atoms with Crippen LogP contribution < -0.4 is 27.4 Å².